The minimum absolute atomic E-state index is 0.611. The average molecular weight is 401 g/mol. The SMILES string of the molecule is Cc1ccc(OCCSc2nnc3n(-c4ccccc4)c4ccccc4n23)cc1. The Kier molecular flexibility index (Phi) is 4.69. The van der Waals surface area contributed by atoms with Crippen LogP contribution in [0.15, 0.2) is 84.0 Å². The summed E-state index contributed by atoms with van der Waals surface area (Å²) in [4.78, 5) is 0. The predicted octanol–water partition coefficient (Wildman–Crippen LogP) is 5.15. The van der Waals surface area contributed by atoms with E-state index in [0.29, 0.717) is 6.61 Å². The number of thioether (sulfide) groups is 1. The van der Waals surface area contributed by atoms with Crippen molar-refractivity contribution in [1.29, 1.82) is 0 Å². The smallest absolute Gasteiger partial charge is 0.241 e. The van der Waals surface area contributed by atoms with Crippen molar-refractivity contribution in [2.45, 2.75) is 12.1 Å². The van der Waals surface area contributed by atoms with Crippen LogP contribution in [0.3, 0.4) is 0 Å². The molecule has 0 saturated heterocycles. The maximum Gasteiger partial charge on any atom is 0.241 e. The van der Waals surface area contributed by atoms with Crippen LogP contribution in [0.25, 0.3) is 22.5 Å². The van der Waals surface area contributed by atoms with Gasteiger partial charge in [0.25, 0.3) is 0 Å². The number of fused-ring (bicyclic) bond motifs is 3. The Balaban J connectivity index is 1.43. The van der Waals surface area contributed by atoms with Crippen molar-refractivity contribution >= 4 is 28.6 Å². The number of hydrogen-bond donors (Lipinski definition) is 0. The molecule has 6 heteroatoms. The Labute approximate surface area is 173 Å². The maximum absolute atomic E-state index is 5.85. The summed E-state index contributed by atoms with van der Waals surface area (Å²) in [6, 6.07) is 26.7. The van der Waals surface area contributed by atoms with Crippen molar-refractivity contribution < 1.29 is 4.74 Å². The number of rotatable bonds is 6. The van der Waals surface area contributed by atoms with Gasteiger partial charge in [0.15, 0.2) is 5.16 Å². The molecule has 0 N–H and O–H groups in total. The second-order valence-electron chi connectivity index (χ2n) is 6.79. The van der Waals surface area contributed by atoms with Gasteiger partial charge >= 0.3 is 0 Å². The van der Waals surface area contributed by atoms with E-state index in [2.05, 4.69) is 68.6 Å². The third-order valence-corrected chi connectivity index (χ3v) is 5.69. The highest BCUT2D eigenvalue weighted by Crippen LogP contribution is 2.28. The lowest BCUT2D eigenvalue weighted by molar-refractivity contribution is 0.344. The number of benzene rings is 3. The van der Waals surface area contributed by atoms with Gasteiger partial charge in [-0.25, -0.2) is 0 Å². The highest BCUT2D eigenvalue weighted by molar-refractivity contribution is 7.99. The average Bonchev–Trinajstić information content (AvgIpc) is 3.31. The molecule has 5 nitrogen and oxygen atoms in total. The summed E-state index contributed by atoms with van der Waals surface area (Å²) in [5.41, 5.74) is 4.51. The Bertz CT molecular complexity index is 1260. The minimum Gasteiger partial charge on any atom is -0.493 e. The van der Waals surface area contributed by atoms with Gasteiger partial charge in [-0.1, -0.05) is 59.8 Å². The van der Waals surface area contributed by atoms with Gasteiger partial charge in [0, 0.05) is 11.4 Å². The molecule has 2 aromatic heterocycles. The molecule has 3 aromatic carbocycles. The van der Waals surface area contributed by atoms with Crippen LogP contribution in [0.1, 0.15) is 5.56 Å². The Morgan fingerprint density at radius 2 is 1.55 bits per heavy atom. The number of aryl methyl sites for hydroxylation is 1. The standard InChI is InChI=1S/C23H20N4OS/c1-17-11-13-19(14-12-17)28-15-16-29-23-25-24-22-26(18-7-3-2-4-8-18)20-9-5-6-10-21(20)27(22)23/h2-14H,15-16H2,1H3. The summed E-state index contributed by atoms with van der Waals surface area (Å²) in [5.74, 6) is 2.50. The van der Waals surface area contributed by atoms with E-state index in [9.17, 15) is 0 Å². The third kappa shape index (κ3) is 3.36. The van der Waals surface area contributed by atoms with Crippen LogP contribution in [0, 0.1) is 6.92 Å². The number of imidazole rings is 1. The molecule has 5 rings (SSSR count). The Morgan fingerprint density at radius 3 is 2.34 bits per heavy atom. The first kappa shape index (κ1) is 17.8. The van der Waals surface area contributed by atoms with Crippen molar-refractivity contribution in [3.63, 3.8) is 0 Å². The van der Waals surface area contributed by atoms with E-state index >= 15 is 0 Å². The van der Waals surface area contributed by atoms with Gasteiger partial charge in [-0.15, -0.1) is 10.2 Å². The quantitative estimate of drug-likeness (QED) is 0.292. The molecule has 2 heterocycles. The summed E-state index contributed by atoms with van der Waals surface area (Å²) in [6.45, 7) is 2.68. The number of nitrogens with zero attached hydrogens (tertiary/aromatic N) is 4. The number of para-hydroxylation sites is 3. The first-order valence-corrected chi connectivity index (χ1v) is 10.5. The molecule has 0 aliphatic heterocycles. The molecule has 5 aromatic rings. The lowest BCUT2D eigenvalue weighted by atomic mass is 10.2. The normalized spacial score (nSPS) is 11.3. The van der Waals surface area contributed by atoms with Gasteiger partial charge in [0.1, 0.15) is 5.75 Å². The van der Waals surface area contributed by atoms with E-state index < -0.39 is 0 Å². The van der Waals surface area contributed by atoms with Gasteiger partial charge in [-0.2, -0.15) is 0 Å². The van der Waals surface area contributed by atoms with E-state index in [4.69, 9.17) is 4.74 Å². The molecule has 0 spiro atoms. The predicted molar refractivity (Wildman–Crippen MR) is 117 cm³/mol. The zero-order chi connectivity index (χ0) is 19.6. The highest BCUT2D eigenvalue weighted by Gasteiger charge is 2.17. The molecule has 0 radical (unpaired) electrons. The molecule has 0 fully saturated rings. The third-order valence-electron chi connectivity index (χ3n) is 4.80. The van der Waals surface area contributed by atoms with Crippen LogP contribution in [-0.2, 0) is 0 Å². The monoisotopic (exact) mass is 400 g/mol. The summed E-state index contributed by atoms with van der Waals surface area (Å²) >= 11 is 1.65. The fraction of sp³-hybridized carbons (Fsp3) is 0.130. The molecule has 0 amide bonds. The van der Waals surface area contributed by atoms with Gasteiger partial charge in [-0.3, -0.25) is 8.97 Å². The van der Waals surface area contributed by atoms with E-state index in [1.165, 1.54) is 5.56 Å². The molecule has 0 bridgehead atoms. The van der Waals surface area contributed by atoms with E-state index in [-0.39, 0.29) is 0 Å². The maximum atomic E-state index is 5.85. The molecular formula is C23H20N4OS. The van der Waals surface area contributed by atoms with Crippen LogP contribution in [0.2, 0.25) is 0 Å². The summed E-state index contributed by atoms with van der Waals surface area (Å²) in [6.07, 6.45) is 0. The Morgan fingerprint density at radius 1 is 0.828 bits per heavy atom. The van der Waals surface area contributed by atoms with Crippen molar-refractivity contribution in [3.05, 3.63) is 84.4 Å². The zero-order valence-electron chi connectivity index (χ0n) is 16.0. The van der Waals surface area contributed by atoms with E-state index in [1.807, 2.05) is 36.4 Å². The molecule has 0 saturated carbocycles. The van der Waals surface area contributed by atoms with Crippen LogP contribution in [0.4, 0.5) is 0 Å². The van der Waals surface area contributed by atoms with Crippen LogP contribution < -0.4 is 4.74 Å². The molecule has 0 unspecified atom stereocenters. The molecular weight excluding hydrogens is 380 g/mol. The van der Waals surface area contributed by atoms with Crippen molar-refractivity contribution in [3.8, 4) is 11.4 Å². The minimum atomic E-state index is 0.611. The second kappa shape index (κ2) is 7.64. The molecule has 0 aliphatic carbocycles. The van der Waals surface area contributed by atoms with Gasteiger partial charge in [0.2, 0.25) is 5.78 Å². The van der Waals surface area contributed by atoms with Crippen LogP contribution >= 0.6 is 11.8 Å². The molecule has 0 atom stereocenters. The number of aromatic nitrogens is 4. The largest absolute Gasteiger partial charge is 0.493 e. The summed E-state index contributed by atoms with van der Waals surface area (Å²) in [7, 11) is 0. The lowest BCUT2D eigenvalue weighted by Crippen LogP contribution is -2.00. The summed E-state index contributed by atoms with van der Waals surface area (Å²) in [5, 5.41) is 9.81. The van der Waals surface area contributed by atoms with Crippen LogP contribution in [-0.4, -0.2) is 31.5 Å². The molecule has 144 valence electrons. The van der Waals surface area contributed by atoms with Crippen molar-refractivity contribution in [2.75, 3.05) is 12.4 Å². The number of ether oxygens (including phenoxy) is 1. The fourth-order valence-electron chi connectivity index (χ4n) is 3.42. The van der Waals surface area contributed by atoms with Gasteiger partial charge < -0.3 is 4.74 Å². The second-order valence-corrected chi connectivity index (χ2v) is 7.85. The topological polar surface area (TPSA) is 44.4 Å². The lowest BCUT2D eigenvalue weighted by Gasteiger charge is -2.05. The summed E-state index contributed by atoms with van der Waals surface area (Å²) < 4.78 is 10.1. The highest BCUT2D eigenvalue weighted by atomic mass is 32.2. The molecule has 0 aliphatic rings. The first-order valence-electron chi connectivity index (χ1n) is 9.53. The molecule has 29 heavy (non-hydrogen) atoms. The Hall–Kier alpha value is -3.25. The zero-order valence-corrected chi connectivity index (χ0v) is 16.8. The van der Waals surface area contributed by atoms with Crippen molar-refractivity contribution in [1.82, 2.24) is 19.2 Å². The van der Waals surface area contributed by atoms with Gasteiger partial charge in [0.05, 0.1) is 17.6 Å². The van der Waals surface area contributed by atoms with Crippen molar-refractivity contribution in [2.24, 2.45) is 0 Å². The fourth-order valence-corrected chi connectivity index (χ4v) is 4.18. The van der Waals surface area contributed by atoms with Crippen LogP contribution in [0.5, 0.6) is 5.75 Å². The van der Waals surface area contributed by atoms with E-state index in [0.717, 1.165) is 39.2 Å². The van der Waals surface area contributed by atoms with Gasteiger partial charge in [-0.05, 0) is 43.3 Å². The van der Waals surface area contributed by atoms with E-state index in [1.54, 1.807) is 11.8 Å². The number of hydrogen-bond acceptors (Lipinski definition) is 4. The first-order chi connectivity index (χ1) is 14.3.